The van der Waals surface area contributed by atoms with Crippen LogP contribution in [0.4, 0.5) is 16.2 Å². The number of carbonyl (C=O) groups excluding carboxylic acids is 2. The maximum absolute atomic E-state index is 12.8. The van der Waals surface area contributed by atoms with E-state index in [2.05, 4.69) is 46.8 Å². The van der Waals surface area contributed by atoms with Crippen molar-refractivity contribution in [1.82, 2.24) is 4.98 Å². The van der Waals surface area contributed by atoms with Crippen molar-refractivity contribution >= 4 is 34.3 Å². The predicted molar refractivity (Wildman–Crippen MR) is 124 cm³/mol. The van der Waals surface area contributed by atoms with E-state index in [1.54, 1.807) is 24.3 Å². The molecule has 0 spiro atoms. The van der Waals surface area contributed by atoms with Crippen LogP contribution in [0.25, 0.3) is 22.2 Å². The van der Waals surface area contributed by atoms with Crippen molar-refractivity contribution < 1.29 is 14.3 Å². The Bertz CT molecular complexity index is 1230. The maximum Gasteiger partial charge on any atom is 0.337 e. The molecule has 156 valence electrons. The molecule has 6 nitrogen and oxygen atoms in total. The van der Waals surface area contributed by atoms with Crippen molar-refractivity contribution in [3.05, 3.63) is 83.9 Å². The van der Waals surface area contributed by atoms with Crippen LogP contribution in [0.1, 0.15) is 22.8 Å². The average Bonchev–Trinajstić information content (AvgIpc) is 3.17. The number of ether oxygens (including phenoxy) is 1. The minimum atomic E-state index is -0.423. The molecule has 0 aliphatic heterocycles. The van der Waals surface area contributed by atoms with Gasteiger partial charge < -0.3 is 20.4 Å². The molecule has 3 N–H and O–H groups in total. The second-order valence-electron chi connectivity index (χ2n) is 7.12. The number of urea groups is 1. The molecule has 2 amide bonds. The fourth-order valence-corrected chi connectivity index (χ4v) is 3.48. The molecule has 4 aromatic rings. The summed E-state index contributed by atoms with van der Waals surface area (Å²) in [7, 11) is 1.33. The van der Waals surface area contributed by atoms with Crippen LogP contribution in [-0.2, 0) is 11.2 Å². The molecule has 0 saturated carbocycles. The van der Waals surface area contributed by atoms with Gasteiger partial charge in [-0.05, 0) is 42.3 Å². The lowest BCUT2D eigenvalue weighted by atomic mass is 10.1. The van der Waals surface area contributed by atoms with Gasteiger partial charge in [-0.25, -0.2) is 9.59 Å². The molecule has 1 aromatic heterocycles. The lowest BCUT2D eigenvalue weighted by molar-refractivity contribution is 0.0600. The van der Waals surface area contributed by atoms with Crippen LogP contribution < -0.4 is 10.6 Å². The Kier molecular flexibility index (Phi) is 5.71. The van der Waals surface area contributed by atoms with E-state index in [1.165, 1.54) is 12.7 Å². The van der Waals surface area contributed by atoms with Crippen molar-refractivity contribution in [2.75, 3.05) is 17.7 Å². The first-order valence-corrected chi connectivity index (χ1v) is 10.1. The Morgan fingerprint density at radius 3 is 2.29 bits per heavy atom. The topological polar surface area (TPSA) is 83.2 Å². The molecule has 0 fully saturated rings. The summed E-state index contributed by atoms with van der Waals surface area (Å²) in [6.45, 7) is 2.12. The van der Waals surface area contributed by atoms with Crippen molar-refractivity contribution in [3.8, 4) is 11.3 Å². The number of rotatable bonds is 5. The van der Waals surface area contributed by atoms with E-state index in [0.717, 1.165) is 28.6 Å². The molecule has 0 aliphatic carbocycles. The number of fused-ring (bicyclic) bond motifs is 1. The fraction of sp³-hybridized carbons (Fsp3) is 0.120. The highest BCUT2D eigenvalue weighted by Crippen LogP contribution is 2.35. The van der Waals surface area contributed by atoms with Gasteiger partial charge in [-0.15, -0.1) is 0 Å². The minimum absolute atomic E-state index is 0.373. The van der Waals surface area contributed by atoms with Gasteiger partial charge in [0.25, 0.3) is 0 Å². The normalized spacial score (nSPS) is 10.6. The number of aryl methyl sites for hydroxylation is 1. The standard InChI is InChI=1S/C25H23N3O3/c1-3-16-8-10-17(11-9-16)22-23(20-6-4-5-7-21(20)27-22)28-25(30)26-19-14-12-18(13-15-19)24(29)31-2/h4-15,27H,3H2,1-2H3,(H2,26,28,30). The van der Waals surface area contributed by atoms with Crippen LogP contribution in [0, 0.1) is 0 Å². The molecule has 4 rings (SSSR count). The third-order valence-electron chi connectivity index (χ3n) is 5.16. The lowest BCUT2D eigenvalue weighted by Gasteiger charge is -2.10. The van der Waals surface area contributed by atoms with Gasteiger partial charge in [-0.3, -0.25) is 0 Å². The van der Waals surface area contributed by atoms with E-state index in [-0.39, 0.29) is 6.03 Å². The van der Waals surface area contributed by atoms with Gasteiger partial charge in [0.1, 0.15) is 0 Å². The van der Waals surface area contributed by atoms with E-state index in [1.807, 2.05) is 24.3 Å². The summed E-state index contributed by atoms with van der Waals surface area (Å²) in [4.78, 5) is 27.7. The monoisotopic (exact) mass is 413 g/mol. The smallest absolute Gasteiger partial charge is 0.337 e. The molecule has 0 bridgehead atoms. The largest absolute Gasteiger partial charge is 0.465 e. The van der Waals surface area contributed by atoms with Gasteiger partial charge in [-0.2, -0.15) is 0 Å². The van der Waals surface area contributed by atoms with Crippen LogP contribution in [-0.4, -0.2) is 24.1 Å². The number of hydrogen-bond acceptors (Lipinski definition) is 3. The first-order chi connectivity index (χ1) is 15.1. The van der Waals surface area contributed by atoms with Gasteiger partial charge in [-0.1, -0.05) is 49.4 Å². The van der Waals surface area contributed by atoms with Crippen molar-refractivity contribution in [2.24, 2.45) is 0 Å². The van der Waals surface area contributed by atoms with E-state index < -0.39 is 5.97 Å². The molecular formula is C25H23N3O3. The summed E-state index contributed by atoms with van der Waals surface area (Å²) in [6.07, 6.45) is 0.968. The zero-order valence-electron chi connectivity index (χ0n) is 17.4. The number of anilines is 2. The zero-order chi connectivity index (χ0) is 21.8. The predicted octanol–water partition coefficient (Wildman–Crippen LogP) is 5.83. The first kappa shape index (κ1) is 20.2. The number of aromatic nitrogens is 1. The highest BCUT2D eigenvalue weighted by Gasteiger charge is 2.16. The number of hydrogen-bond donors (Lipinski definition) is 3. The molecular weight excluding hydrogens is 390 g/mol. The Morgan fingerprint density at radius 1 is 0.903 bits per heavy atom. The van der Waals surface area contributed by atoms with E-state index in [0.29, 0.717) is 16.9 Å². The molecule has 0 saturated heterocycles. The zero-order valence-corrected chi connectivity index (χ0v) is 17.4. The molecule has 1 heterocycles. The molecule has 0 aliphatic rings. The fourth-order valence-electron chi connectivity index (χ4n) is 3.48. The second-order valence-corrected chi connectivity index (χ2v) is 7.12. The molecule has 0 radical (unpaired) electrons. The van der Waals surface area contributed by atoms with Crippen LogP contribution in [0.2, 0.25) is 0 Å². The Hall–Kier alpha value is -4.06. The quantitative estimate of drug-likeness (QED) is 0.360. The minimum Gasteiger partial charge on any atom is -0.465 e. The molecule has 3 aromatic carbocycles. The number of benzene rings is 3. The van der Waals surface area contributed by atoms with Gasteiger partial charge in [0.05, 0.1) is 24.1 Å². The van der Waals surface area contributed by atoms with Crippen LogP contribution in [0.15, 0.2) is 72.8 Å². The Morgan fingerprint density at radius 2 is 1.61 bits per heavy atom. The molecule has 31 heavy (non-hydrogen) atoms. The van der Waals surface area contributed by atoms with Gasteiger partial charge in [0, 0.05) is 22.2 Å². The third kappa shape index (κ3) is 4.28. The van der Waals surface area contributed by atoms with Gasteiger partial charge in [0.2, 0.25) is 0 Å². The second kappa shape index (κ2) is 8.75. The summed E-state index contributed by atoms with van der Waals surface area (Å²) >= 11 is 0. The van der Waals surface area contributed by atoms with Crippen molar-refractivity contribution in [3.63, 3.8) is 0 Å². The number of H-pyrrole nitrogens is 1. The summed E-state index contributed by atoms with van der Waals surface area (Å²) < 4.78 is 4.70. The summed E-state index contributed by atoms with van der Waals surface area (Å²) in [5.74, 6) is -0.423. The highest BCUT2D eigenvalue weighted by atomic mass is 16.5. The summed E-state index contributed by atoms with van der Waals surface area (Å²) in [5.41, 5.74) is 5.73. The Labute approximate surface area is 180 Å². The number of para-hydroxylation sites is 1. The maximum atomic E-state index is 12.8. The average molecular weight is 413 g/mol. The first-order valence-electron chi connectivity index (χ1n) is 10.1. The SMILES string of the molecule is CCc1ccc(-c2[nH]c3ccccc3c2NC(=O)Nc2ccc(C(=O)OC)cc2)cc1. The Balaban J connectivity index is 1.61. The number of amides is 2. The number of aromatic amines is 1. The van der Waals surface area contributed by atoms with Crippen molar-refractivity contribution in [2.45, 2.75) is 13.3 Å². The van der Waals surface area contributed by atoms with Crippen LogP contribution in [0.5, 0.6) is 0 Å². The van der Waals surface area contributed by atoms with E-state index >= 15 is 0 Å². The molecule has 0 unspecified atom stereocenters. The lowest BCUT2D eigenvalue weighted by Crippen LogP contribution is -2.19. The van der Waals surface area contributed by atoms with E-state index in [4.69, 9.17) is 4.74 Å². The number of carbonyl (C=O) groups is 2. The van der Waals surface area contributed by atoms with E-state index in [9.17, 15) is 9.59 Å². The summed E-state index contributed by atoms with van der Waals surface area (Å²) in [6, 6.07) is 22.3. The van der Waals surface area contributed by atoms with Gasteiger partial charge >= 0.3 is 12.0 Å². The van der Waals surface area contributed by atoms with Crippen molar-refractivity contribution in [1.29, 1.82) is 0 Å². The number of nitrogens with one attached hydrogen (secondary N) is 3. The number of methoxy groups -OCH3 is 1. The molecule has 0 atom stereocenters. The highest BCUT2D eigenvalue weighted by molar-refractivity contribution is 6.10. The summed E-state index contributed by atoms with van der Waals surface area (Å²) in [5, 5.41) is 6.72. The van der Waals surface area contributed by atoms with Crippen LogP contribution in [0.3, 0.4) is 0 Å². The third-order valence-corrected chi connectivity index (χ3v) is 5.16. The number of esters is 1. The van der Waals surface area contributed by atoms with Gasteiger partial charge in [0.15, 0.2) is 0 Å². The molecule has 6 heteroatoms. The van der Waals surface area contributed by atoms with Crippen LogP contribution >= 0.6 is 0 Å².